The van der Waals surface area contributed by atoms with Gasteiger partial charge in [-0.05, 0) is 30.4 Å². The molecule has 0 radical (unpaired) electrons. The quantitative estimate of drug-likeness (QED) is 0.290. The molecule has 3 amide bonds. The number of aromatic amines is 1. The van der Waals surface area contributed by atoms with E-state index in [1.165, 1.54) is 0 Å². The van der Waals surface area contributed by atoms with Crippen molar-refractivity contribution >= 4 is 34.6 Å². The Morgan fingerprint density at radius 1 is 1.06 bits per heavy atom. The topological polar surface area (TPSA) is 166 Å². The lowest BCUT2D eigenvalue weighted by molar-refractivity contribution is -0.138. The van der Waals surface area contributed by atoms with Gasteiger partial charge in [0.1, 0.15) is 12.6 Å². The zero-order valence-corrected chi connectivity index (χ0v) is 17.6. The van der Waals surface area contributed by atoms with Gasteiger partial charge in [-0.25, -0.2) is 0 Å². The second-order valence-electron chi connectivity index (χ2n) is 7.75. The molecule has 0 fully saturated rings. The number of carboxylic acid groups (broad SMARTS) is 1. The molecule has 1 aromatic carbocycles. The van der Waals surface area contributed by atoms with Gasteiger partial charge in [-0.15, -0.1) is 0 Å². The maximum Gasteiger partial charge on any atom is 0.322 e. The Morgan fingerprint density at radius 2 is 1.77 bits per heavy atom. The average molecular weight is 431 g/mol. The number of para-hydroxylation sites is 1. The van der Waals surface area contributed by atoms with Crippen LogP contribution >= 0.6 is 0 Å². The standard InChI is InChI=1S/C21H29N5O5/c1-12(2)7-17(21(31)25-10-18(27)24-11-19(28)29)26-20(30)15(22)8-13-9-23-16-6-4-3-5-14(13)16/h3-6,9,12,15,17,23H,7-8,10-11,22H2,1-2H3,(H,24,27)(H,25,31)(H,26,30)(H,28,29). The molecule has 1 heterocycles. The first-order chi connectivity index (χ1) is 14.7. The fraction of sp³-hybridized carbons (Fsp3) is 0.429. The summed E-state index contributed by atoms with van der Waals surface area (Å²) in [6.07, 6.45) is 2.46. The van der Waals surface area contributed by atoms with Crippen molar-refractivity contribution in [2.24, 2.45) is 11.7 Å². The van der Waals surface area contributed by atoms with Crippen LogP contribution in [-0.4, -0.2) is 59.0 Å². The van der Waals surface area contributed by atoms with Crippen molar-refractivity contribution in [3.8, 4) is 0 Å². The number of benzene rings is 1. The monoisotopic (exact) mass is 431 g/mol. The van der Waals surface area contributed by atoms with E-state index in [9.17, 15) is 19.2 Å². The molecule has 2 rings (SSSR count). The molecule has 10 nitrogen and oxygen atoms in total. The highest BCUT2D eigenvalue weighted by molar-refractivity contribution is 5.92. The molecular weight excluding hydrogens is 402 g/mol. The highest BCUT2D eigenvalue weighted by Crippen LogP contribution is 2.18. The summed E-state index contributed by atoms with van der Waals surface area (Å²) < 4.78 is 0. The van der Waals surface area contributed by atoms with Gasteiger partial charge in [-0.2, -0.15) is 0 Å². The molecular formula is C21H29N5O5. The predicted molar refractivity (Wildman–Crippen MR) is 115 cm³/mol. The van der Waals surface area contributed by atoms with E-state index in [1.54, 1.807) is 0 Å². The number of carbonyl (C=O) groups excluding carboxylic acids is 3. The van der Waals surface area contributed by atoms with E-state index < -0.39 is 48.9 Å². The fourth-order valence-corrected chi connectivity index (χ4v) is 3.14. The van der Waals surface area contributed by atoms with Gasteiger partial charge in [0.05, 0.1) is 12.6 Å². The lowest BCUT2D eigenvalue weighted by Gasteiger charge is -2.22. The predicted octanol–water partition coefficient (Wildman–Crippen LogP) is -0.114. The smallest absolute Gasteiger partial charge is 0.322 e. The van der Waals surface area contributed by atoms with Crippen LogP contribution in [0.25, 0.3) is 10.9 Å². The van der Waals surface area contributed by atoms with Gasteiger partial charge in [0.25, 0.3) is 0 Å². The van der Waals surface area contributed by atoms with E-state index in [1.807, 2.05) is 44.3 Å². The van der Waals surface area contributed by atoms with Gasteiger partial charge >= 0.3 is 5.97 Å². The van der Waals surface area contributed by atoms with Gasteiger partial charge in [-0.1, -0.05) is 32.0 Å². The molecule has 168 valence electrons. The largest absolute Gasteiger partial charge is 0.480 e. The van der Waals surface area contributed by atoms with E-state index in [2.05, 4.69) is 20.9 Å². The zero-order valence-electron chi connectivity index (χ0n) is 17.6. The number of nitrogens with two attached hydrogens (primary N) is 1. The lowest BCUT2D eigenvalue weighted by atomic mass is 10.0. The number of amides is 3. The van der Waals surface area contributed by atoms with Gasteiger partial charge in [0.2, 0.25) is 17.7 Å². The molecule has 2 atom stereocenters. The number of nitrogens with one attached hydrogen (secondary N) is 4. The second kappa shape index (κ2) is 11.1. The molecule has 0 aliphatic carbocycles. The second-order valence-corrected chi connectivity index (χ2v) is 7.75. The number of fused-ring (bicyclic) bond motifs is 1. The molecule has 1 aromatic heterocycles. The number of carboxylic acids is 1. The van der Waals surface area contributed by atoms with Crippen LogP contribution in [0, 0.1) is 5.92 Å². The van der Waals surface area contributed by atoms with Crippen molar-refractivity contribution in [3.05, 3.63) is 36.0 Å². The van der Waals surface area contributed by atoms with Gasteiger partial charge in [-0.3, -0.25) is 19.2 Å². The number of rotatable bonds is 11. The Kier molecular flexibility index (Phi) is 8.56. The Hall–Kier alpha value is -3.40. The molecule has 31 heavy (non-hydrogen) atoms. The SMILES string of the molecule is CC(C)CC(NC(=O)C(N)Cc1c[nH]c2ccccc12)C(=O)NCC(=O)NCC(=O)O. The molecule has 0 saturated carbocycles. The minimum absolute atomic E-state index is 0.0988. The maximum absolute atomic E-state index is 12.6. The Balaban J connectivity index is 1.95. The van der Waals surface area contributed by atoms with Crippen molar-refractivity contribution in [2.45, 2.75) is 38.8 Å². The Bertz CT molecular complexity index is 939. The van der Waals surface area contributed by atoms with Crippen LogP contribution in [0.2, 0.25) is 0 Å². The first-order valence-corrected chi connectivity index (χ1v) is 10.0. The summed E-state index contributed by atoms with van der Waals surface area (Å²) in [6.45, 7) is 2.87. The van der Waals surface area contributed by atoms with Gasteiger partial charge in [0, 0.05) is 17.1 Å². The highest BCUT2D eigenvalue weighted by Gasteiger charge is 2.25. The van der Waals surface area contributed by atoms with E-state index in [4.69, 9.17) is 10.8 Å². The number of aromatic nitrogens is 1. The summed E-state index contributed by atoms with van der Waals surface area (Å²) in [6, 6.07) is 5.96. The van der Waals surface area contributed by atoms with Crippen molar-refractivity contribution in [1.82, 2.24) is 20.9 Å². The minimum Gasteiger partial charge on any atom is -0.480 e. The number of carbonyl (C=O) groups is 4. The van der Waals surface area contributed by atoms with Crippen LogP contribution in [0.5, 0.6) is 0 Å². The summed E-state index contributed by atoms with van der Waals surface area (Å²) in [4.78, 5) is 50.4. The van der Waals surface area contributed by atoms with Crippen LogP contribution in [0.1, 0.15) is 25.8 Å². The van der Waals surface area contributed by atoms with Crippen LogP contribution in [0.3, 0.4) is 0 Å². The highest BCUT2D eigenvalue weighted by atomic mass is 16.4. The molecule has 0 bridgehead atoms. The third-order valence-corrected chi connectivity index (χ3v) is 4.65. The number of hydrogen-bond donors (Lipinski definition) is 6. The van der Waals surface area contributed by atoms with E-state index in [-0.39, 0.29) is 5.92 Å². The van der Waals surface area contributed by atoms with Crippen molar-refractivity contribution < 1.29 is 24.3 Å². The molecule has 0 saturated heterocycles. The summed E-state index contributed by atoms with van der Waals surface area (Å²) >= 11 is 0. The Morgan fingerprint density at radius 3 is 2.45 bits per heavy atom. The number of hydrogen-bond acceptors (Lipinski definition) is 5. The fourth-order valence-electron chi connectivity index (χ4n) is 3.14. The molecule has 2 unspecified atom stereocenters. The lowest BCUT2D eigenvalue weighted by Crippen LogP contribution is -2.53. The normalized spacial score (nSPS) is 12.9. The first kappa shape index (κ1) is 23.9. The summed E-state index contributed by atoms with van der Waals surface area (Å²) in [5.41, 5.74) is 7.94. The van der Waals surface area contributed by atoms with Crippen molar-refractivity contribution in [2.75, 3.05) is 13.1 Å². The zero-order chi connectivity index (χ0) is 23.0. The molecule has 0 aliphatic heterocycles. The first-order valence-electron chi connectivity index (χ1n) is 10.0. The van der Waals surface area contributed by atoms with Crippen LogP contribution < -0.4 is 21.7 Å². The third kappa shape index (κ3) is 7.41. The summed E-state index contributed by atoms with van der Waals surface area (Å²) in [5, 5.41) is 16.8. The van der Waals surface area contributed by atoms with E-state index in [0.717, 1.165) is 16.5 Å². The molecule has 0 aliphatic rings. The molecule has 2 aromatic rings. The third-order valence-electron chi connectivity index (χ3n) is 4.65. The van der Waals surface area contributed by atoms with Crippen LogP contribution in [-0.2, 0) is 25.6 Å². The van der Waals surface area contributed by atoms with Gasteiger partial charge < -0.3 is 31.8 Å². The summed E-state index contributed by atoms with van der Waals surface area (Å²) in [7, 11) is 0. The average Bonchev–Trinajstić information content (AvgIpc) is 3.12. The van der Waals surface area contributed by atoms with Crippen molar-refractivity contribution in [3.63, 3.8) is 0 Å². The Labute approximate surface area is 179 Å². The van der Waals surface area contributed by atoms with Crippen molar-refractivity contribution in [1.29, 1.82) is 0 Å². The molecule has 7 N–H and O–H groups in total. The van der Waals surface area contributed by atoms with Crippen LogP contribution in [0.4, 0.5) is 0 Å². The molecule has 10 heteroatoms. The summed E-state index contributed by atoms with van der Waals surface area (Å²) in [5.74, 6) is -2.73. The van der Waals surface area contributed by atoms with E-state index in [0.29, 0.717) is 12.8 Å². The number of H-pyrrole nitrogens is 1. The number of aliphatic carboxylic acids is 1. The molecule has 0 spiro atoms. The van der Waals surface area contributed by atoms with E-state index >= 15 is 0 Å². The van der Waals surface area contributed by atoms with Gasteiger partial charge in [0.15, 0.2) is 0 Å². The minimum atomic E-state index is -1.19. The maximum atomic E-state index is 12.6. The van der Waals surface area contributed by atoms with Crippen LogP contribution in [0.15, 0.2) is 30.5 Å².